The van der Waals surface area contributed by atoms with Crippen LogP contribution in [0.3, 0.4) is 0 Å². The van der Waals surface area contributed by atoms with E-state index in [1.165, 1.54) is 17.1 Å². The smallest absolute Gasteiger partial charge is 0.243 e. The Kier molecular flexibility index (Phi) is 7.45. The molecule has 156 valence electrons. The second-order valence-corrected chi connectivity index (χ2v) is 9.46. The maximum Gasteiger partial charge on any atom is 0.243 e. The highest BCUT2D eigenvalue weighted by Gasteiger charge is 2.26. The zero-order valence-electron chi connectivity index (χ0n) is 16.7. The van der Waals surface area contributed by atoms with Crippen LogP contribution in [0.25, 0.3) is 0 Å². The lowest BCUT2D eigenvalue weighted by atomic mass is 10.1. The van der Waals surface area contributed by atoms with Crippen molar-refractivity contribution in [3.63, 3.8) is 0 Å². The fourth-order valence-corrected chi connectivity index (χ4v) is 5.04. The molecule has 2 fully saturated rings. The molecule has 0 spiro atoms. The van der Waals surface area contributed by atoms with Crippen LogP contribution in [0, 0.1) is 0 Å². The van der Waals surface area contributed by atoms with Gasteiger partial charge in [0.2, 0.25) is 15.9 Å². The Morgan fingerprint density at radius 3 is 2.36 bits per heavy atom. The lowest BCUT2D eigenvalue weighted by molar-refractivity contribution is -0.130. The largest absolute Gasteiger partial charge is 0.379 e. The van der Waals surface area contributed by atoms with Gasteiger partial charge in [-0.2, -0.15) is 4.31 Å². The fraction of sp³-hybridized carbons (Fsp3) is 0.650. The number of rotatable bonds is 8. The highest BCUT2D eigenvalue weighted by atomic mass is 32.2. The average molecular weight is 410 g/mol. The quantitative estimate of drug-likeness (QED) is 0.645. The molecular weight excluding hydrogens is 378 g/mol. The Hall–Kier alpha value is -1.48. The van der Waals surface area contributed by atoms with E-state index in [0.717, 1.165) is 31.7 Å². The van der Waals surface area contributed by atoms with Crippen molar-refractivity contribution in [3.8, 4) is 0 Å². The highest BCUT2D eigenvalue weighted by molar-refractivity contribution is 7.89. The van der Waals surface area contributed by atoms with Crippen LogP contribution in [0.5, 0.6) is 0 Å². The van der Waals surface area contributed by atoms with Crippen LogP contribution in [0.1, 0.15) is 24.8 Å². The zero-order valence-corrected chi connectivity index (χ0v) is 17.5. The van der Waals surface area contributed by atoms with E-state index in [-0.39, 0.29) is 5.91 Å². The lowest BCUT2D eigenvalue weighted by Crippen LogP contribution is -2.40. The number of hydrogen-bond acceptors (Lipinski definition) is 5. The number of likely N-dealkylation sites (tertiary alicyclic amines) is 1. The molecule has 7 nitrogen and oxygen atoms in total. The molecule has 2 saturated heterocycles. The van der Waals surface area contributed by atoms with Crippen molar-refractivity contribution in [1.82, 2.24) is 14.1 Å². The molecule has 0 aromatic heterocycles. The first-order chi connectivity index (χ1) is 13.5. The van der Waals surface area contributed by atoms with E-state index < -0.39 is 10.0 Å². The molecule has 0 N–H and O–H groups in total. The Labute approximate surface area is 168 Å². The van der Waals surface area contributed by atoms with Gasteiger partial charge in [-0.05, 0) is 50.0 Å². The summed E-state index contributed by atoms with van der Waals surface area (Å²) in [4.78, 5) is 16.8. The molecule has 0 bridgehead atoms. The van der Waals surface area contributed by atoms with Gasteiger partial charge in [-0.25, -0.2) is 8.42 Å². The molecular formula is C20H31N3O4S. The number of morpholine rings is 1. The Morgan fingerprint density at radius 2 is 1.71 bits per heavy atom. The summed E-state index contributed by atoms with van der Waals surface area (Å²) >= 11 is 0. The van der Waals surface area contributed by atoms with Gasteiger partial charge in [0, 0.05) is 39.6 Å². The van der Waals surface area contributed by atoms with Crippen molar-refractivity contribution in [3.05, 3.63) is 29.8 Å². The molecule has 1 aromatic rings. The first-order valence-corrected chi connectivity index (χ1v) is 11.5. The van der Waals surface area contributed by atoms with Crippen LogP contribution in [0.15, 0.2) is 29.2 Å². The molecule has 0 aliphatic carbocycles. The summed E-state index contributed by atoms with van der Waals surface area (Å²) in [5.41, 5.74) is 0.974. The normalized spacial score (nSPS) is 19.0. The molecule has 28 heavy (non-hydrogen) atoms. The predicted octanol–water partition coefficient (Wildman–Crippen LogP) is 1.19. The van der Waals surface area contributed by atoms with Crippen molar-refractivity contribution in [2.24, 2.45) is 0 Å². The third kappa shape index (κ3) is 5.53. The maximum atomic E-state index is 12.6. The van der Waals surface area contributed by atoms with Crippen molar-refractivity contribution in [1.29, 1.82) is 0 Å². The molecule has 3 rings (SSSR count). The van der Waals surface area contributed by atoms with Crippen LogP contribution in [-0.2, 0) is 26.0 Å². The molecule has 8 heteroatoms. The van der Waals surface area contributed by atoms with Gasteiger partial charge < -0.3 is 14.5 Å². The third-order valence-electron chi connectivity index (χ3n) is 5.53. The minimum absolute atomic E-state index is 0.129. The first kappa shape index (κ1) is 21.2. The first-order valence-electron chi connectivity index (χ1n) is 10.1. The second-order valence-electron chi connectivity index (χ2n) is 7.52. The summed E-state index contributed by atoms with van der Waals surface area (Å²) < 4.78 is 32.0. The standard InChI is InChI=1S/C20H31N3O4S/c1-21(12-13-22-10-2-3-11-22)20(24)9-6-18-4-7-19(8-5-18)28(25,26)23-14-16-27-17-15-23/h4-5,7-8H,2-3,6,9-17H2,1H3. The molecule has 1 aromatic carbocycles. The van der Waals surface area contributed by atoms with Crippen LogP contribution >= 0.6 is 0 Å². The van der Waals surface area contributed by atoms with Gasteiger partial charge in [0.25, 0.3) is 0 Å². The zero-order chi connectivity index (χ0) is 20.0. The van der Waals surface area contributed by atoms with Gasteiger partial charge in [-0.15, -0.1) is 0 Å². The molecule has 1 amide bonds. The summed E-state index contributed by atoms with van der Waals surface area (Å²) in [7, 11) is -1.61. The summed E-state index contributed by atoms with van der Waals surface area (Å²) in [5, 5.41) is 0. The number of sulfonamides is 1. The van der Waals surface area contributed by atoms with Gasteiger partial charge in [0.05, 0.1) is 18.1 Å². The summed E-state index contributed by atoms with van der Waals surface area (Å²) in [6, 6.07) is 6.90. The van der Waals surface area contributed by atoms with Crippen LogP contribution < -0.4 is 0 Å². The molecule has 0 unspecified atom stereocenters. The van der Waals surface area contributed by atoms with Gasteiger partial charge in [0.15, 0.2) is 0 Å². The van der Waals surface area contributed by atoms with Gasteiger partial charge in [0.1, 0.15) is 0 Å². The number of aryl methyl sites for hydroxylation is 1. The van der Waals surface area contributed by atoms with E-state index in [9.17, 15) is 13.2 Å². The fourth-order valence-electron chi connectivity index (χ4n) is 3.63. The van der Waals surface area contributed by atoms with E-state index in [0.29, 0.717) is 44.0 Å². The molecule has 2 aliphatic heterocycles. The number of nitrogens with zero attached hydrogens (tertiary/aromatic N) is 3. The van der Waals surface area contributed by atoms with Crippen molar-refractivity contribution >= 4 is 15.9 Å². The molecule has 0 radical (unpaired) electrons. The van der Waals surface area contributed by atoms with Gasteiger partial charge >= 0.3 is 0 Å². The minimum atomic E-state index is -3.47. The molecule has 2 heterocycles. The number of ether oxygens (including phenoxy) is 1. The van der Waals surface area contributed by atoms with Crippen molar-refractivity contribution in [2.45, 2.75) is 30.6 Å². The summed E-state index contributed by atoms with van der Waals surface area (Å²) in [5.74, 6) is 0.129. The molecule has 0 saturated carbocycles. The monoisotopic (exact) mass is 409 g/mol. The Balaban J connectivity index is 1.47. The predicted molar refractivity (Wildman–Crippen MR) is 108 cm³/mol. The molecule has 2 aliphatic rings. The van der Waals surface area contributed by atoms with Crippen LogP contribution in [0.4, 0.5) is 0 Å². The van der Waals surface area contributed by atoms with E-state index in [2.05, 4.69) is 4.90 Å². The SMILES string of the molecule is CN(CCN1CCCC1)C(=O)CCc1ccc(S(=O)(=O)N2CCOCC2)cc1. The highest BCUT2D eigenvalue weighted by Crippen LogP contribution is 2.18. The van der Waals surface area contributed by atoms with E-state index >= 15 is 0 Å². The van der Waals surface area contributed by atoms with Crippen LogP contribution in [0.2, 0.25) is 0 Å². The third-order valence-corrected chi connectivity index (χ3v) is 7.45. The van der Waals surface area contributed by atoms with Crippen molar-refractivity contribution in [2.75, 3.05) is 59.5 Å². The summed E-state index contributed by atoms with van der Waals surface area (Å²) in [6.45, 7) is 5.63. The van der Waals surface area contributed by atoms with Gasteiger partial charge in [-0.3, -0.25) is 4.79 Å². The van der Waals surface area contributed by atoms with E-state index in [4.69, 9.17) is 4.74 Å². The van der Waals surface area contributed by atoms with Crippen molar-refractivity contribution < 1.29 is 17.9 Å². The number of amides is 1. The lowest BCUT2D eigenvalue weighted by Gasteiger charge is -2.26. The number of likely N-dealkylation sites (N-methyl/N-ethyl adjacent to an activating group) is 1. The van der Waals surface area contributed by atoms with Crippen LogP contribution in [-0.4, -0.2) is 88.0 Å². The number of carbonyl (C=O) groups excluding carboxylic acids is 1. The molecule has 0 atom stereocenters. The average Bonchev–Trinajstić information content (AvgIpc) is 3.25. The van der Waals surface area contributed by atoms with E-state index in [1.807, 2.05) is 19.2 Å². The summed E-state index contributed by atoms with van der Waals surface area (Å²) in [6.07, 6.45) is 3.57. The Morgan fingerprint density at radius 1 is 1.07 bits per heavy atom. The topological polar surface area (TPSA) is 70.2 Å². The number of carbonyl (C=O) groups is 1. The second kappa shape index (κ2) is 9.82. The van der Waals surface area contributed by atoms with E-state index in [1.54, 1.807) is 17.0 Å². The van der Waals surface area contributed by atoms with Gasteiger partial charge in [-0.1, -0.05) is 12.1 Å². The maximum absolute atomic E-state index is 12.6. The number of benzene rings is 1. The Bertz CT molecular complexity index is 739. The number of hydrogen-bond donors (Lipinski definition) is 0. The minimum Gasteiger partial charge on any atom is -0.379 e.